The van der Waals surface area contributed by atoms with Crippen LogP contribution in [0.15, 0.2) is 39.5 Å². The maximum Gasteiger partial charge on any atom is 0.436 e. The lowest BCUT2D eigenvalue weighted by atomic mass is 10.4. The van der Waals surface area contributed by atoms with Crippen LogP contribution in [-0.4, -0.2) is 22.3 Å². The van der Waals surface area contributed by atoms with E-state index >= 15 is 0 Å². The van der Waals surface area contributed by atoms with Gasteiger partial charge in [0.25, 0.3) is 0 Å². The SMILES string of the molecule is CCOC(=O)N=c1sccn1-c1ccnc(Br)c1. The van der Waals surface area contributed by atoms with Crippen LogP contribution in [-0.2, 0) is 4.74 Å². The Balaban J connectivity index is 2.42. The summed E-state index contributed by atoms with van der Waals surface area (Å²) in [6.07, 6.45) is 2.93. The van der Waals surface area contributed by atoms with Crippen molar-refractivity contribution in [3.05, 3.63) is 39.3 Å². The topological polar surface area (TPSA) is 56.5 Å². The molecule has 18 heavy (non-hydrogen) atoms. The lowest BCUT2D eigenvalue weighted by Crippen LogP contribution is -2.15. The van der Waals surface area contributed by atoms with Gasteiger partial charge in [-0.1, -0.05) is 0 Å². The zero-order chi connectivity index (χ0) is 13.0. The van der Waals surface area contributed by atoms with Crippen molar-refractivity contribution in [1.29, 1.82) is 0 Å². The molecule has 0 aliphatic heterocycles. The second-order valence-corrected chi connectivity index (χ2v) is 4.89. The molecule has 0 aliphatic rings. The minimum atomic E-state index is -0.582. The van der Waals surface area contributed by atoms with Gasteiger partial charge in [-0.2, -0.15) is 0 Å². The lowest BCUT2D eigenvalue weighted by molar-refractivity contribution is 0.162. The van der Waals surface area contributed by atoms with Gasteiger partial charge in [-0.3, -0.25) is 4.57 Å². The van der Waals surface area contributed by atoms with Gasteiger partial charge in [0.2, 0.25) is 4.80 Å². The first-order valence-electron chi connectivity index (χ1n) is 5.20. The molecule has 0 saturated carbocycles. The van der Waals surface area contributed by atoms with Crippen molar-refractivity contribution in [3.8, 4) is 5.69 Å². The Bertz CT molecular complexity index is 621. The summed E-state index contributed by atoms with van der Waals surface area (Å²) in [6.45, 7) is 2.06. The van der Waals surface area contributed by atoms with Gasteiger partial charge in [-0.05, 0) is 35.0 Å². The van der Waals surface area contributed by atoms with Crippen molar-refractivity contribution in [1.82, 2.24) is 9.55 Å². The summed E-state index contributed by atoms with van der Waals surface area (Å²) in [5.41, 5.74) is 0.876. The molecular weight excluding hydrogens is 318 g/mol. The Hall–Kier alpha value is -1.47. The van der Waals surface area contributed by atoms with Crippen molar-refractivity contribution in [2.24, 2.45) is 4.99 Å². The number of pyridine rings is 1. The number of ether oxygens (including phenoxy) is 1. The van der Waals surface area contributed by atoms with E-state index < -0.39 is 6.09 Å². The van der Waals surface area contributed by atoms with Gasteiger partial charge in [0.1, 0.15) is 4.60 Å². The predicted octanol–water partition coefficient (Wildman–Crippen LogP) is 2.75. The van der Waals surface area contributed by atoms with Crippen molar-refractivity contribution < 1.29 is 9.53 Å². The third-order valence-corrected chi connectivity index (χ3v) is 3.22. The van der Waals surface area contributed by atoms with E-state index in [-0.39, 0.29) is 0 Å². The lowest BCUT2D eigenvalue weighted by Gasteiger charge is -2.02. The molecule has 1 amide bonds. The van der Waals surface area contributed by atoms with Crippen LogP contribution >= 0.6 is 27.3 Å². The molecule has 7 heteroatoms. The molecule has 0 atom stereocenters. The first kappa shape index (κ1) is 13.0. The van der Waals surface area contributed by atoms with Crippen LogP contribution in [0, 0.1) is 0 Å². The number of carbonyl (C=O) groups is 1. The van der Waals surface area contributed by atoms with E-state index in [4.69, 9.17) is 4.74 Å². The van der Waals surface area contributed by atoms with E-state index in [0.717, 1.165) is 10.3 Å². The quantitative estimate of drug-likeness (QED) is 0.797. The highest BCUT2D eigenvalue weighted by Gasteiger charge is 2.03. The molecule has 0 spiro atoms. The van der Waals surface area contributed by atoms with Crippen LogP contribution in [0.4, 0.5) is 4.79 Å². The van der Waals surface area contributed by atoms with E-state index in [1.165, 1.54) is 11.3 Å². The minimum Gasteiger partial charge on any atom is -0.448 e. The van der Waals surface area contributed by atoms with E-state index in [0.29, 0.717) is 11.4 Å². The molecule has 0 bridgehead atoms. The fourth-order valence-corrected chi connectivity index (χ4v) is 2.39. The Kier molecular flexibility index (Phi) is 4.27. The van der Waals surface area contributed by atoms with Crippen LogP contribution in [0.5, 0.6) is 0 Å². The fourth-order valence-electron chi connectivity index (χ4n) is 1.33. The van der Waals surface area contributed by atoms with Gasteiger partial charge >= 0.3 is 6.09 Å². The molecule has 0 radical (unpaired) electrons. The molecule has 0 N–H and O–H groups in total. The van der Waals surface area contributed by atoms with Crippen molar-refractivity contribution in [3.63, 3.8) is 0 Å². The maximum absolute atomic E-state index is 11.3. The van der Waals surface area contributed by atoms with E-state index in [2.05, 4.69) is 25.9 Å². The smallest absolute Gasteiger partial charge is 0.436 e. The van der Waals surface area contributed by atoms with Crippen LogP contribution in [0.1, 0.15) is 6.92 Å². The first-order valence-corrected chi connectivity index (χ1v) is 6.87. The standard InChI is InChI=1S/C11H10BrN3O2S/c1-2-17-11(16)14-10-15(5-6-18-10)8-3-4-13-9(12)7-8/h3-7H,2H2,1H3. The van der Waals surface area contributed by atoms with Gasteiger partial charge in [-0.15, -0.1) is 16.3 Å². The average molecular weight is 328 g/mol. The van der Waals surface area contributed by atoms with Gasteiger partial charge in [0.05, 0.1) is 12.3 Å². The normalized spacial score (nSPS) is 11.6. The molecular formula is C11H10BrN3O2S. The molecule has 0 fully saturated rings. The number of hydrogen-bond donors (Lipinski definition) is 0. The second kappa shape index (κ2) is 5.92. The summed E-state index contributed by atoms with van der Waals surface area (Å²) in [4.78, 5) is 19.9. The van der Waals surface area contributed by atoms with Crippen LogP contribution in [0.3, 0.4) is 0 Å². The number of hydrogen-bond acceptors (Lipinski definition) is 4. The highest BCUT2D eigenvalue weighted by atomic mass is 79.9. The summed E-state index contributed by atoms with van der Waals surface area (Å²) < 4.78 is 7.32. The monoisotopic (exact) mass is 327 g/mol. The molecule has 2 heterocycles. The van der Waals surface area contributed by atoms with Crippen molar-refractivity contribution in [2.45, 2.75) is 6.92 Å². The zero-order valence-electron chi connectivity index (χ0n) is 9.54. The van der Waals surface area contributed by atoms with E-state index in [1.54, 1.807) is 17.7 Å². The summed E-state index contributed by atoms with van der Waals surface area (Å²) in [5, 5.41) is 1.85. The van der Waals surface area contributed by atoms with Gasteiger partial charge in [-0.25, -0.2) is 9.78 Å². The number of carbonyl (C=O) groups excluding carboxylic acids is 1. The Morgan fingerprint density at radius 1 is 1.67 bits per heavy atom. The summed E-state index contributed by atoms with van der Waals surface area (Å²) in [7, 11) is 0. The molecule has 2 aromatic heterocycles. The minimum absolute atomic E-state index is 0.314. The predicted molar refractivity (Wildman–Crippen MR) is 71.7 cm³/mol. The summed E-state index contributed by atoms with van der Waals surface area (Å²) in [6, 6.07) is 3.68. The average Bonchev–Trinajstić information content (AvgIpc) is 2.77. The van der Waals surface area contributed by atoms with Crippen LogP contribution < -0.4 is 4.80 Å². The van der Waals surface area contributed by atoms with Gasteiger partial charge < -0.3 is 4.74 Å². The summed E-state index contributed by atoms with van der Waals surface area (Å²) in [5.74, 6) is 0. The number of aromatic nitrogens is 2. The number of halogens is 1. The van der Waals surface area contributed by atoms with E-state index in [9.17, 15) is 4.79 Å². The van der Waals surface area contributed by atoms with Crippen LogP contribution in [0.2, 0.25) is 0 Å². The van der Waals surface area contributed by atoms with Gasteiger partial charge in [0, 0.05) is 17.8 Å². The molecule has 0 saturated heterocycles. The Labute approximate surface area is 116 Å². The highest BCUT2D eigenvalue weighted by Crippen LogP contribution is 2.11. The molecule has 94 valence electrons. The van der Waals surface area contributed by atoms with Crippen molar-refractivity contribution in [2.75, 3.05) is 6.61 Å². The van der Waals surface area contributed by atoms with Gasteiger partial charge in [0.15, 0.2) is 0 Å². The third kappa shape index (κ3) is 3.05. The van der Waals surface area contributed by atoms with Crippen molar-refractivity contribution >= 4 is 33.4 Å². The molecule has 0 aromatic carbocycles. The second-order valence-electron chi connectivity index (χ2n) is 3.20. The zero-order valence-corrected chi connectivity index (χ0v) is 11.9. The molecule has 2 rings (SSSR count). The fraction of sp³-hybridized carbons (Fsp3) is 0.182. The first-order chi connectivity index (χ1) is 8.70. The highest BCUT2D eigenvalue weighted by molar-refractivity contribution is 9.10. The Morgan fingerprint density at radius 2 is 2.50 bits per heavy atom. The maximum atomic E-state index is 11.3. The molecule has 0 unspecified atom stereocenters. The number of rotatable bonds is 2. The van der Waals surface area contributed by atoms with E-state index in [1.807, 2.05) is 23.7 Å². The molecule has 2 aromatic rings. The summed E-state index contributed by atoms with van der Waals surface area (Å²) >= 11 is 4.67. The number of amides is 1. The molecule has 0 aliphatic carbocycles. The third-order valence-electron chi connectivity index (χ3n) is 2.03. The van der Waals surface area contributed by atoms with Crippen LogP contribution in [0.25, 0.3) is 5.69 Å². The largest absolute Gasteiger partial charge is 0.448 e. The number of nitrogens with zero attached hydrogens (tertiary/aromatic N) is 3. The number of thiazole rings is 1. The Morgan fingerprint density at radius 3 is 3.22 bits per heavy atom. The molecule has 5 nitrogen and oxygen atoms in total.